The van der Waals surface area contributed by atoms with Crippen molar-refractivity contribution in [3.05, 3.63) is 0 Å². The molecule has 112 valence electrons. The minimum Gasteiger partial charge on any atom is -0.396 e. The minimum absolute atomic E-state index is 0.192. The summed E-state index contributed by atoms with van der Waals surface area (Å²) >= 11 is 0. The monoisotopic (exact) mass is 269 g/mol. The van der Waals surface area contributed by atoms with Crippen LogP contribution in [0.5, 0.6) is 0 Å². The molecule has 1 saturated carbocycles. The van der Waals surface area contributed by atoms with Gasteiger partial charge in [0.15, 0.2) is 0 Å². The average molecular weight is 269 g/mol. The Morgan fingerprint density at radius 2 is 1.95 bits per heavy atom. The van der Waals surface area contributed by atoms with E-state index in [0.29, 0.717) is 0 Å². The number of nitrogens with one attached hydrogen (secondary N) is 1. The van der Waals surface area contributed by atoms with Crippen LogP contribution in [-0.4, -0.2) is 23.7 Å². The molecule has 3 heteroatoms. The number of carbonyl (C=O) groups excluding carboxylic acids is 1. The van der Waals surface area contributed by atoms with E-state index in [1.807, 2.05) is 6.92 Å². The van der Waals surface area contributed by atoms with Gasteiger partial charge in [-0.1, -0.05) is 26.2 Å². The number of rotatable bonds is 8. The fraction of sp³-hybridized carbons (Fsp3) is 0.938. The van der Waals surface area contributed by atoms with Gasteiger partial charge in [0, 0.05) is 18.6 Å². The summed E-state index contributed by atoms with van der Waals surface area (Å²) in [6.45, 7) is 4.48. The lowest BCUT2D eigenvalue weighted by Crippen LogP contribution is -2.38. The third-order valence-electron chi connectivity index (χ3n) is 4.37. The predicted molar refractivity (Wildman–Crippen MR) is 78.9 cm³/mol. The first-order valence-corrected chi connectivity index (χ1v) is 8.08. The Kier molecular flexibility index (Phi) is 8.11. The van der Waals surface area contributed by atoms with E-state index in [0.717, 1.165) is 31.6 Å². The van der Waals surface area contributed by atoms with Crippen LogP contribution < -0.4 is 5.32 Å². The van der Waals surface area contributed by atoms with Crippen molar-refractivity contribution in [1.82, 2.24) is 5.32 Å². The molecule has 1 rings (SSSR count). The lowest BCUT2D eigenvalue weighted by Gasteiger charge is -2.28. The van der Waals surface area contributed by atoms with Crippen LogP contribution in [0.15, 0.2) is 0 Å². The van der Waals surface area contributed by atoms with Crippen LogP contribution >= 0.6 is 0 Å². The highest BCUT2D eigenvalue weighted by Gasteiger charge is 2.26. The fourth-order valence-corrected chi connectivity index (χ4v) is 3.04. The van der Waals surface area contributed by atoms with Gasteiger partial charge in [-0.05, 0) is 51.4 Å². The van der Waals surface area contributed by atoms with Crippen molar-refractivity contribution in [2.24, 2.45) is 11.8 Å². The number of amides is 1. The quantitative estimate of drug-likeness (QED) is 0.710. The van der Waals surface area contributed by atoms with Gasteiger partial charge in [-0.2, -0.15) is 0 Å². The molecular weight excluding hydrogens is 238 g/mol. The summed E-state index contributed by atoms with van der Waals surface area (Å²) in [7, 11) is 0. The second-order valence-electron chi connectivity index (χ2n) is 6.14. The molecule has 0 heterocycles. The summed E-state index contributed by atoms with van der Waals surface area (Å²) in [6.07, 6.45) is 10.2. The van der Waals surface area contributed by atoms with Crippen LogP contribution in [0.4, 0.5) is 0 Å². The molecule has 2 N–H and O–H groups in total. The van der Waals surface area contributed by atoms with Gasteiger partial charge in [-0.3, -0.25) is 4.79 Å². The lowest BCUT2D eigenvalue weighted by atomic mass is 9.79. The molecule has 0 spiro atoms. The molecule has 1 aliphatic rings. The number of carbonyl (C=O) groups is 1. The fourth-order valence-electron chi connectivity index (χ4n) is 3.04. The number of aliphatic hydroxyl groups is 1. The largest absolute Gasteiger partial charge is 0.396 e. The molecule has 0 bridgehead atoms. The van der Waals surface area contributed by atoms with Crippen LogP contribution in [0.25, 0.3) is 0 Å². The van der Waals surface area contributed by atoms with Gasteiger partial charge >= 0.3 is 0 Å². The standard InChI is InChI=1S/C16H31NO2/c1-3-4-7-14-8-10-15(11-9-14)16(19)17-13(2)6-5-12-18/h13-15,18H,3-12H2,1-2H3,(H,17,19). The van der Waals surface area contributed by atoms with E-state index >= 15 is 0 Å². The highest BCUT2D eigenvalue weighted by molar-refractivity contribution is 5.78. The van der Waals surface area contributed by atoms with Crippen LogP contribution in [0.1, 0.15) is 71.6 Å². The Morgan fingerprint density at radius 3 is 2.53 bits per heavy atom. The van der Waals surface area contributed by atoms with Crippen LogP contribution in [0, 0.1) is 11.8 Å². The molecule has 1 amide bonds. The van der Waals surface area contributed by atoms with Crippen molar-refractivity contribution < 1.29 is 9.90 Å². The molecule has 1 fully saturated rings. The van der Waals surface area contributed by atoms with Crippen molar-refractivity contribution in [2.45, 2.75) is 77.7 Å². The lowest BCUT2D eigenvalue weighted by molar-refractivity contribution is -0.126. The third kappa shape index (κ3) is 6.42. The van der Waals surface area contributed by atoms with E-state index < -0.39 is 0 Å². The molecule has 0 saturated heterocycles. The van der Waals surface area contributed by atoms with Crippen molar-refractivity contribution in [3.8, 4) is 0 Å². The van der Waals surface area contributed by atoms with E-state index in [2.05, 4.69) is 12.2 Å². The highest BCUT2D eigenvalue weighted by Crippen LogP contribution is 2.32. The Morgan fingerprint density at radius 1 is 1.26 bits per heavy atom. The first-order valence-electron chi connectivity index (χ1n) is 8.08. The second-order valence-corrected chi connectivity index (χ2v) is 6.14. The zero-order valence-electron chi connectivity index (χ0n) is 12.7. The molecular formula is C16H31NO2. The number of hydrogen-bond acceptors (Lipinski definition) is 2. The van der Waals surface area contributed by atoms with E-state index in [4.69, 9.17) is 5.11 Å². The van der Waals surface area contributed by atoms with Gasteiger partial charge in [0.25, 0.3) is 0 Å². The Hall–Kier alpha value is -0.570. The zero-order valence-corrected chi connectivity index (χ0v) is 12.7. The summed E-state index contributed by atoms with van der Waals surface area (Å²) in [6, 6.07) is 0.192. The Bertz CT molecular complexity index is 247. The Balaban J connectivity index is 2.21. The first kappa shape index (κ1) is 16.5. The normalized spacial score (nSPS) is 25.0. The van der Waals surface area contributed by atoms with Gasteiger partial charge in [0.2, 0.25) is 5.91 Å². The highest BCUT2D eigenvalue weighted by atomic mass is 16.2. The number of aliphatic hydroxyl groups excluding tert-OH is 1. The molecule has 3 nitrogen and oxygen atoms in total. The summed E-state index contributed by atoms with van der Waals surface area (Å²) in [4.78, 5) is 12.1. The number of unbranched alkanes of at least 4 members (excludes halogenated alkanes) is 1. The summed E-state index contributed by atoms with van der Waals surface area (Å²) in [5, 5.41) is 11.9. The van der Waals surface area contributed by atoms with Gasteiger partial charge in [-0.15, -0.1) is 0 Å². The second kappa shape index (κ2) is 9.35. The molecule has 0 aromatic heterocycles. The van der Waals surface area contributed by atoms with Crippen LogP contribution in [0.2, 0.25) is 0 Å². The van der Waals surface area contributed by atoms with E-state index in [-0.39, 0.29) is 24.5 Å². The van der Waals surface area contributed by atoms with Crippen molar-refractivity contribution >= 4 is 5.91 Å². The molecule has 0 aromatic rings. The van der Waals surface area contributed by atoms with Gasteiger partial charge in [-0.25, -0.2) is 0 Å². The summed E-state index contributed by atoms with van der Waals surface area (Å²) < 4.78 is 0. The van der Waals surface area contributed by atoms with Gasteiger partial charge in [0.05, 0.1) is 0 Å². The first-order chi connectivity index (χ1) is 9.17. The summed E-state index contributed by atoms with van der Waals surface area (Å²) in [5.41, 5.74) is 0. The van der Waals surface area contributed by atoms with Crippen molar-refractivity contribution in [2.75, 3.05) is 6.61 Å². The van der Waals surface area contributed by atoms with Crippen LogP contribution in [-0.2, 0) is 4.79 Å². The third-order valence-corrected chi connectivity index (χ3v) is 4.37. The summed E-state index contributed by atoms with van der Waals surface area (Å²) in [5.74, 6) is 1.32. The molecule has 1 aliphatic carbocycles. The van der Waals surface area contributed by atoms with E-state index in [1.165, 1.54) is 32.1 Å². The van der Waals surface area contributed by atoms with Gasteiger partial charge in [0.1, 0.15) is 0 Å². The SMILES string of the molecule is CCCCC1CCC(C(=O)NC(C)CCCO)CC1. The number of hydrogen-bond donors (Lipinski definition) is 2. The zero-order chi connectivity index (χ0) is 14.1. The maximum atomic E-state index is 12.1. The minimum atomic E-state index is 0.192. The Labute approximate surface area is 118 Å². The van der Waals surface area contributed by atoms with Crippen LogP contribution in [0.3, 0.4) is 0 Å². The molecule has 0 radical (unpaired) electrons. The van der Waals surface area contributed by atoms with E-state index in [9.17, 15) is 4.79 Å². The van der Waals surface area contributed by atoms with Crippen molar-refractivity contribution in [3.63, 3.8) is 0 Å². The molecule has 1 unspecified atom stereocenters. The maximum Gasteiger partial charge on any atom is 0.223 e. The average Bonchev–Trinajstić information content (AvgIpc) is 2.43. The molecule has 19 heavy (non-hydrogen) atoms. The smallest absolute Gasteiger partial charge is 0.223 e. The predicted octanol–water partition coefficient (Wildman–Crippen LogP) is 3.26. The molecule has 0 aliphatic heterocycles. The maximum absolute atomic E-state index is 12.1. The molecule has 0 aromatic carbocycles. The van der Waals surface area contributed by atoms with Gasteiger partial charge < -0.3 is 10.4 Å². The molecule has 1 atom stereocenters. The van der Waals surface area contributed by atoms with E-state index in [1.54, 1.807) is 0 Å². The van der Waals surface area contributed by atoms with Crippen molar-refractivity contribution in [1.29, 1.82) is 0 Å². The topological polar surface area (TPSA) is 49.3 Å².